The Morgan fingerprint density at radius 2 is 1.65 bits per heavy atom. The van der Waals surface area contributed by atoms with E-state index in [4.69, 9.17) is 9.47 Å². The topological polar surface area (TPSA) is 147 Å². The second kappa shape index (κ2) is 15.6. The number of carbonyl (C=O) groups is 1. The lowest BCUT2D eigenvalue weighted by Gasteiger charge is -2.26. The highest BCUT2D eigenvalue weighted by Crippen LogP contribution is 2.24. The van der Waals surface area contributed by atoms with Crippen LogP contribution in [0.25, 0.3) is 0 Å². The van der Waals surface area contributed by atoms with Crippen LogP contribution < -0.4 is 25.4 Å². The fourth-order valence-electron chi connectivity index (χ4n) is 4.94. The van der Waals surface area contributed by atoms with E-state index in [9.17, 15) is 13.2 Å². The quantitative estimate of drug-likeness (QED) is 0.130. The van der Waals surface area contributed by atoms with Crippen molar-refractivity contribution in [2.45, 2.75) is 44.6 Å². The van der Waals surface area contributed by atoms with Crippen LogP contribution in [0.3, 0.4) is 0 Å². The van der Waals surface area contributed by atoms with Crippen LogP contribution in [0.2, 0.25) is 0 Å². The van der Waals surface area contributed by atoms with E-state index in [2.05, 4.69) is 35.5 Å². The third-order valence-corrected chi connectivity index (χ3v) is 9.08. The molecule has 13 heteroatoms. The number of ether oxygens (including phenoxy) is 2. The molecule has 1 fully saturated rings. The average Bonchev–Trinajstić information content (AvgIpc) is 3.05. The van der Waals surface area contributed by atoms with Crippen molar-refractivity contribution in [1.82, 2.24) is 19.6 Å². The molecule has 0 aliphatic carbocycles. The average molecular weight is 674 g/mol. The lowest BCUT2D eigenvalue weighted by molar-refractivity contribution is 0.0358. The van der Waals surface area contributed by atoms with Crippen LogP contribution in [-0.4, -0.2) is 74.2 Å². The zero-order chi connectivity index (χ0) is 34.1. The molecule has 12 nitrogen and oxygen atoms in total. The Morgan fingerprint density at radius 3 is 2.35 bits per heavy atom. The minimum atomic E-state index is -3.70. The highest BCUT2D eigenvalue weighted by atomic mass is 32.2. The van der Waals surface area contributed by atoms with Crippen molar-refractivity contribution in [3.63, 3.8) is 0 Å². The second-order valence-corrected chi connectivity index (χ2v) is 14.3. The highest BCUT2D eigenvalue weighted by Gasteiger charge is 2.22. The molecule has 4 N–H and O–H groups in total. The number of sulfonamides is 1. The van der Waals surface area contributed by atoms with Gasteiger partial charge in [0.05, 0.1) is 24.7 Å². The van der Waals surface area contributed by atoms with Gasteiger partial charge in [-0.2, -0.15) is 4.98 Å². The molecule has 4 aromatic rings. The first-order chi connectivity index (χ1) is 22.9. The SMILES string of the molecule is Cc1cnc(Nc2ccc(C(=O)Nc3ccc(OCCCN4CCOCC4)cc3)cc2)nc1Nc1cccc(S(=O)(=O)NC(C)(C)C)c1. The molecule has 0 unspecified atom stereocenters. The van der Waals surface area contributed by atoms with Gasteiger partial charge in [-0.3, -0.25) is 9.69 Å². The monoisotopic (exact) mass is 673 g/mol. The van der Waals surface area contributed by atoms with Crippen molar-refractivity contribution < 1.29 is 22.7 Å². The van der Waals surface area contributed by atoms with Gasteiger partial charge in [0.1, 0.15) is 11.6 Å². The van der Waals surface area contributed by atoms with E-state index < -0.39 is 15.6 Å². The van der Waals surface area contributed by atoms with Gasteiger partial charge in [-0.25, -0.2) is 18.1 Å². The fourth-order valence-corrected chi connectivity index (χ4v) is 6.41. The van der Waals surface area contributed by atoms with Crippen molar-refractivity contribution in [2.75, 3.05) is 55.4 Å². The summed E-state index contributed by atoms with van der Waals surface area (Å²) in [6.45, 7) is 12.4. The van der Waals surface area contributed by atoms with Crippen LogP contribution in [0.1, 0.15) is 43.1 Å². The highest BCUT2D eigenvalue weighted by molar-refractivity contribution is 7.89. The molecular weight excluding hydrogens is 630 g/mol. The van der Waals surface area contributed by atoms with Gasteiger partial charge in [-0.05, 0) is 101 Å². The Kier molecular flexibility index (Phi) is 11.3. The normalized spacial score (nSPS) is 13.9. The molecule has 1 aliphatic heterocycles. The summed E-state index contributed by atoms with van der Waals surface area (Å²) in [7, 11) is -3.70. The molecular formula is C35H43N7O5S. The van der Waals surface area contributed by atoms with Gasteiger partial charge >= 0.3 is 0 Å². The zero-order valence-corrected chi connectivity index (χ0v) is 28.6. The van der Waals surface area contributed by atoms with Crippen LogP contribution >= 0.6 is 0 Å². The van der Waals surface area contributed by atoms with E-state index in [0.29, 0.717) is 41.0 Å². The summed E-state index contributed by atoms with van der Waals surface area (Å²) in [5.41, 5.74) is 2.59. The lowest BCUT2D eigenvalue weighted by Crippen LogP contribution is -2.40. The fraction of sp³-hybridized carbons (Fsp3) is 0.343. The second-order valence-electron chi connectivity index (χ2n) is 12.6. The Morgan fingerprint density at radius 1 is 0.938 bits per heavy atom. The number of nitrogens with one attached hydrogen (secondary N) is 4. The molecule has 48 heavy (non-hydrogen) atoms. The molecule has 0 saturated carbocycles. The number of hydrogen-bond acceptors (Lipinski definition) is 10. The number of rotatable bonds is 13. The summed E-state index contributed by atoms with van der Waals surface area (Å²) < 4.78 is 39.5. The summed E-state index contributed by atoms with van der Waals surface area (Å²) in [5.74, 6) is 1.38. The van der Waals surface area contributed by atoms with Crippen LogP contribution in [0.5, 0.6) is 5.75 Å². The van der Waals surface area contributed by atoms with Gasteiger partial charge in [0.25, 0.3) is 5.91 Å². The molecule has 5 rings (SSSR count). The van der Waals surface area contributed by atoms with Crippen molar-refractivity contribution in [3.8, 4) is 5.75 Å². The van der Waals surface area contributed by atoms with Crippen molar-refractivity contribution in [1.29, 1.82) is 0 Å². The van der Waals surface area contributed by atoms with Gasteiger partial charge in [0.15, 0.2) is 0 Å². The minimum absolute atomic E-state index is 0.147. The molecule has 3 aromatic carbocycles. The Bertz CT molecular complexity index is 1790. The van der Waals surface area contributed by atoms with Gasteiger partial charge in [-0.1, -0.05) is 6.07 Å². The number of amides is 1. The lowest BCUT2D eigenvalue weighted by atomic mass is 10.1. The Hall–Kier alpha value is -4.56. The first-order valence-corrected chi connectivity index (χ1v) is 17.4. The van der Waals surface area contributed by atoms with Gasteiger partial charge in [-0.15, -0.1) is 0 Å². The van der Waals surface area contributed by atoms with E-state index in [1.54, 1.807) is 75.5 Å². The van der Waals surface area contributed by atoms with E-state index in [1.165, 1.54) is 0 Å². The minimum Gasteiger partial charge on any atom is -0.494 e. The van der Waals surface area contributed by atoms with Gasteiger partial charge < -0.3 is 25.4 Å². The molecule has 1 aliphatic rings. The van der Waals surface area contributed by atoms with Gasteiger partial charge in [0.2, 0.25) is 16.0 Å². The number of benzene rings is 3. The summed E-state index contributed by atoms with van der Waals surface area (Å²) in [4.78, 5) is 24.4. The number of aryl methyl sites for hydroxylation is 1. The first-order valence-electron chi connectivity index (χ1n) is 15.9. The van der Waals surface area contributed by atoms with Crippen molar-refractivity contribution in [2.24, 2.45) is 0 Å². The summed E-state index contributed by atoms with van der Waals surface area (Å²) in [6.07, 6.45) is 2.61. The van der Waals surface area contributed by atoms with Crippen LogP contribution in [0.15, 0.2) is 83.9 Å². The standard InChI is InChI=1S/C35H43N7O5S/c1-25-24-36-34(40-32(25)37-29-7-5-8-31(23-29)48(44,45)41-35(2,3)4)39-28-11-9-26(10-12-28)33(43)38-27-13-15-30(16-14-27)47-20-6-17-42-18-21-46-22-19-42/h5,7-16,23-24,41H,6,17-22H2,1-4H3,(H,38,43)(H2,36,37,39,40). The third kappa shape index (κ3) is 10.2. The number of hydrogen-bond donors (Lipinski definition) is 4. The van der Waals surface area contributed by atoms with E-state index >= 15 is 0 Å². The van der Waals surface area contributed by atoms with Crippen LogP contribution in [0, 0.1) is 6.92 Å². The van der Waals surface area contributed by atoms with Crippen LogP contribution in [-0.2, 0) is 14.8 Å². The molecule has 0 spiro atoms. The zero-order valence-electron chi connectivity index (χ0n) is 27.7. The predicted octanol–water partition coefficient (Wildman–Crippen LogP) is 5.70. The smallest absolute Gasteiger partial charge is 0.255 e. The first kappa shape index (κ1) is 34.8. The molecule has 0 radical (unpaired) electrons. The molecule has 2 heterocycles. The predicted molar refractivity (Wildman–Crippen MR) is 188 cm³/mol. The largest absolute Gasteiger partial charge is 0.494 e. The number of anilines is 5. The number of morpholine rings is 1. The number of carbonyl (C=O) groups excluding carboxylic acids is 1. The maximum Gasteiger partial charge on any atom is 0.255 e. The molecule has 1 amide bonds. The maximum atomic E-state index is 12.9. The van der Waals surface area contributed by atoms with E-state index in [0.717, 1.165) is 50.6 Å². The maximum absolute atomic E-state index is 12.9. The molecule has 1 aromatic heterocycles. The molecule has 1 saturated heterocycles. The third-order valence-electron chi connectivity index (χ3n) is 7.33. The van der Waals surface area contributed by atoms with Crippen molar-refractivity contribution in [3.05, 3.63) is 90.1 Å². The molecule has 0 atom stereocenters. The number of aromatic nitrogens is 2. The van der Waals surface area contributed by atoms with Gasteiger partial charge in [0, 0.05) is 59.6 Å². The Balaban J connectivity index is 1.13. The molecule has 254 valence electrons. The molecule has 0 bridgehead atoms. The summed E-state index contributed by atoms with van der Waals surface area (Å²) in [6, 6.07) is 20.9. The van der Waals surface area contributed by atoms with Crippen LogP contribution in [0.4, 0.5) is 28.8 Å². The van der Waals surface area contributed by atoms with Crippen molar-refractivity contribution >= 4 is 44.8 Å². The summed E-state index contributed by atoms with van der Waals surface area (Å²) >= 11 is 0. The summed E-state index contributed by atoms with van der Waals surface area (Å²) in [5, 5.41) is 9.28. The Labute approximate surface area is 282 Å². The van der Waals surface area contributed by atoms with E-state index in [1.807, 2.05) is 31.2 Å². The number of nitrogens with zero attached hydrogens (tertiary/aromatic N) is 3. The van der Waals surface area contributed by atoms with E-state index in [-0.39, 0.29) is 10.8 Å².